The SMILES string of the molecule is O=C(O)C1(c2ccccc2C2CCSCC2)CCCC1. The quantitative estimate of drug-likeness (QED) is 0.906. The monoisotopic (exact) mass is 290 g/mol. The van der Waals surface area contributed by atoms with E-state index >= 15 is 0 Å². The molecule has 0 bridgehead atoms. The van der Waals surface area contributed by atoms with Gasteiger partial charge < -0.3 is 5.11 Å². The molecule has 0 atom stereocenters. The van der Waals surface area contributed by atoms with Crippen LogP contribution in [-0.2, 0) is 10.2 Å². The lowest BCUT2D eigenvalue weighted by Gasteiger charge is -2.31. The molecule has 2 fully saturated rings. The number of hydrogen-bond donors (Lipinski definition) is 1. The van der Waals surface area contributed by atoms with Crippen molar-refractivity contribution in [2.45, 2.75) is 49.9 Å². The Kier molecular flexibility index (Phi) is 4.06. The number of aliphatic carboxylic acids is 1. The van der Waals surface area contributed by atoms with Gasteiger partial charge in [0.15, 0.2) is 0 Å². The second-order valence-corrected chi connectivity index (χ2v) is 7.29. The van der Waals surface area contributed by atoms with Crippen LogP contribution in [0.15, 0.2) is 24.3 Å². The fourth-order valence-corrected chi connectivity index (χ4v) is 4.98. The van der Waals surface area contributed by atoms with E-state index in [2.05, 4.69) is 18.2 Å². The molecule has 1 N–H and O–H groups in total. The summed E-state index contributed by atoms with van der Waals surface area (Å²) in [5.41, 5.74) is 1.82. The Morgan fingerprint density at radius 1 is 1.15 bits per heavy atom. The topological polar surface area (TPSA) is 37.3 Å². The first-order valence-electron chi connectivity index (χ1n) is 7.64. The summed E-state index contributed by atoms with van der Waals surface area (Å²) >= 11 is 2.02. The number of carboxylic acids is 1. The maximum atomic E-state index is 12.0. The summed E-state index contributed by atoms with van der Waals surface area (Å²) in [6, 6.07) is 8.35. The van der Waals surface area contributed by atoms with Gasteiger partial charge in [0.25, 0.3) is 0 Å². The van der Waals surface area contributed by atoms with Crippen LogP contribution in [0.2, 0.25) is 0 Å². The summed E-state index contributed by atoms with van der Waals surface area (Å²) in [5, 5.41) is 9.84. The van der Waals surface area contributed by atoms with Gasteiger partial charge in [-0.3, -0.25) is 4.79 Å². The molecule has 0 unspecified atom stereocenters. The highest BCUT2D eigenvalue weighted by atomic mass is 32.2. The average molecular weight is 290 g/mol. The third kappa shape index (κ3) is 2.37. The van der Waals surface area contributed by atoms with Crippen molar-refractivity contribution in [1.82, 2.24) is 0 Å². The molecule has 3 heteroatoms. The molecule has 1 saturated carbocycles. The van der Waals surface area contributed by atoms with Crippen LogP contribution in [0.5, 0.6) is 0 Å². The van der Waals surface area contributed by atoms with E-state index in [1.807, 2.05) is 17.8 Å². The molecular weight excluding hydrogens is 268 g/mol. The van der Waals surface area contributed by atoms with E-state index in [-0.39, 0.29) is 0 Å². The zero-order valence-corrected chi connectivity index (χ0v) is 12.6. The van der Waals surface area contributed by atoms with Crippen LogP contribution in [0.1, 0.15) is 55.6 Å². The van der Waals surface area contributed by atoms with Crippen LogP contribution in [0.4, 0.5) is 0 Å². The highest BCUT2D eigenvalue weighted by Crippen LogP contribution is 2.45. The lowest BCUT2D eigenvalue weighted by Crippen LogP contribution is -2.34. The second-order valence-electron chi connectivity index (χ2n) is 6.07. The molecule has 0 radical (unpaired) electrons. The summed E-state index contributed by atoms with van der Waals surface area (Å²) in [7, 11) is 0. The molecule has 3 rings (SSSR count). The summed E-state index contributed by atoms with van der Waals surface area (Å²) in [5.74, 6) is 2.36. The molecular formula is C17H22O2S. The average Bonchev–Trinajstić information content (AvgIpc) is 2.99. The van der Waals surface area contributed by atoms with Gasteiger partial charge in [0.2, 0.25) is 0 Å². The van der Waals surface area contributed by atoms with Gasteiger partial charge in [-0.1, -0.05) is 37.1 Å². The Bertz CT molecular complexity index is 486. The van der Waals surface area contributed by atoms with E-state index in [9.17, 15) is 9.90 Å². The molecule has 1 aliphatic heterocycles. The molecule has 1 heterocycles. The molecule has 1 aromatic rings. The molecule has 0 amide bonds. The number of benzene rings is 1. The van der Waals surface area contributed by atoms with Gasteiger partial charge in [0, 0.05) is 0 Å². The van der Waals surface area contributed by atoms with Gasteiger partial charge in [-0.05, 0) is 54.2 Å². The van der Waals surface area contributed by atoms with Crippen molar-refractivity contribution in [1.29, 1.82) is 0 Å². The summed E-state index contributed by atoms with van der Waals surface area (Å²) in [4.78, 5) is 12.0. The van der Waals surface area contributed by atoms with Crippen molar-refractivity contribution in [3.8, 4) is 0 Å². The van der Waals surface area contributed by atoms with Crippen molar-refractivity contribution in [3.63, 3.8) is 0 Å². The Hall–Kier alpha value is -0.960. The smallest absolute Gasteiger partial charge is 0.314 e. The van der Waals surface area contributed by atoms with Crippen LogP contribution >= 0.6 is 11.8 Å². The maximum absolute atomic E-state index is 12.0. The largest absolute Gasteiger partial charge is 0.481 e. The van der Waals surface area contributed by atoms with E-state index in [1.165, 1.54) is 29.9 Å². The second kappa shape index (κ2) is 5.80. The van der Waals surface area contributed by atoms with Gasteiger partial charge in [-0.15, -0.1) is 0 Å². The lowest BCUT2D eigenvalue weighted by atomic mass is 9.73. The van der Waals surface area contributed by atoms with Gasteiger partial charge in [-0.25, -0.2) is 0 Å². The zero-order chi connectivity index (χ0) is 14.0. The molecule has 2 nitrogen and oxygen atoms in total. The molecule has 108 valence electrons. The van der Waals surface area contributed by atoms with Crippen molar-refractivity contribution >= 4 is 17.7 Å². The Balaban J connectivity index is 2.02. The Morgan fingerprint density at radius 3 is 2.45 bits per heavy atom. The van der Waals surface area contributed by atoms with Crippen molar-refractivity contribution in [3.05, 3.63) is 35.4 Å². The van der Waals surface area contributed by atoms with Crippen molar-refractivity contribution in [2.75, 3.05) is 11.5 Å². The van der Waals surface area contributed by atoms with E-state index in [4.69, 9.17) is 0 Å². The molecule has 1 aromatic carbocycles. The first-order valence-corrected chi connectivity index (χ1v) is 8.80. The molecule has 0 aromatic heterocycles. The lowest BCUT2D eigenvalue weighted by molar-refractivity contribution is -0.143. The van der Waals surface area contributed by atoms with Crippen LogP contribution in [0, 0.1) is 0 Å². The highest BCUT2D eigenvalue weighted by molar-refractivity contribution is 7.99. The van der Waals surface area contributed by atoms with Crippen LogP contribution in [0.3, 0.4) is 0 Å². The number of hydrogen-bond acceptors (Lipinski definition) is 2. The number of rotatable bonds is 3. The van der Waals surface area contributed by atoms with E-state index < -0.39 is 11.4 Å². The van der Waals surface area contributed by atoms with E-state index in [0.717, 1.165) is 31.2 Å². The predicted octanol–water partition coefficient (Wildman–Crippen LogP) is 4.19. The van der Waals surface area contributed by atoms with Gasteiger partial charge in [-0.2, -0.15) is 11.8 Å². The third-order valence-electron chi connectivity index (χ3n) is 5.00. The van der Waals surface area contributed by atoms with Crippen molar-refractivity contribution < 1.29 is 9.90 Å². The maximum Gasteiger partial charge on any atom is 0.314 e. The predicted molar refractivity (Wildman–Crippen MR) is 83.5 cm³/mol. The minimum Gasteiger partial charge on any atom is -0.481 e. The zero-order valence-electron chi connectivity index (χ0n) is 11.8. The molecule has 0 spiro atoms. The molecule has 1 aliphatic carbocycles. The standard InChI is InChI=1S/C17H22O2S/c18-16(19)17(9-3-4-10-17)15-6-2-1-5-14(15)13-7-11-20-12-8-13/h1-2,5-6,13H,3-4,7-12H2,(H,18,19). The van der Waals surface area contributed by atoms with Gasteiger partial charge >= 0.3 is 5.97 Å². The molecule has 2 aliphatic rings. The molecule has 1 saturated heterocycles. The first kappa shape index (κ1) is 14.0. The van der Waals surface area contributed by atoms with Crippen LogP contribution in [0.25, 0.3) is 0 Å². The fourth-order valence-electron chi connectivity index (χ4n) is 3.87. The van der Waals surface area contributed by atoms with Crippen LogP contribution in [-0.4, -0.2) is 22.6 Å². The van der Waals surface area contributed by atoms with Crippen molar-refractivity contribution in [2.24, 2.45) is 0 Å². The van der Waals surface area contributed by atoms with Crippen LogP contribution < -0.4 is 0 Å². The summed E-state index contributed by atoms with van der Waals surface area (Å²) in [6.45, 7) is 0. The minimum atomic E-state index is -0.618. The highest BCUT2D eigenvalue weighted by Gasteiger charge is 2.44. The van der Waals surface area contributed by atoms with E-state index in [0.29, 0.717) is 5.92 Å². The fraction of sp³-hybridized carbons (Fsp3) is 0.588. The number of carboxylic acid groups (broad SMARTS) is 1. The minimum absolute atomic E-state index is 0.560. The van der Waals surface area contributed by atoms with Gasteiger partial charge in [0.1, 0.15) is 0 Å². The first-order chi connectivity index (χ1) is 9.74. The Labute approximate surface area is 125 Å². The summed E-state index contributed by atoms with van der Waals surface area (Å²) in [6.07, 6.45) is 6.08. The van der Waals surface area contributed by atoms with E-state index in [1.54, 1.807) is 0 Å². The van der Waals surface area contributed by atoms with Gasteiger partial charge in [0.05, 0.1) is 5.41 Å². The normalized spacial score (nSPS) is 22.8. The number of thioether (sulfide) groups is 1. The summed E-state index contributed by atoms with van der Waals surface area (Å²) < 4.78 is 0. The number of carbonyl (C=O) groups is 1. The molecule has 20 heavy (non-hydrogen) atoms. The Morgan fingerprint density at radius 2 is 1.80 bits per heavy atom. The third-order valence-corrected chi connectivity index (χ3v) is 6.05.